The third kappa shape index (κ3) is 4.62. The number of piperazine rings is 1. The molecular weight excluding hydrogens is 382 g/mol. The number of hydrogen-bond acceptors (Lipinski definition) is 5. The van der Waals surface area contributed by atoms with Gasteiger partial charge in [0, 0.05) is 0 Å². The van der Waals surface area contributed by atoms with Gasteiger partial charge >= 0.3 is 0 Å². The Hall–Kier alpha value is -2.93. The lowest BCUT2D eigenvalue weighted by molar-refractivity contribution is -0.892. The number of nitrogens with zero attached hydrogens (tertiary/aromatic N) is 1. The summed E-state index contributed by atoms with van der Waals surface area (Å²) in [5.74, 6) is 2.48. The average Bonchev–Trinajstić information content (AvgIpc) is 2.79. The maximum atomic E-state index is 12.6. The Kier molecular flexibility index (Phi) is 6.28. The number of carbonyl (C=O) groups excluding carboxylic acids is 1. The molecular formula is C23H30N3O4+. The Bertz CT molecular complexity index is 881. The first-order chi connectivity index (χ1) is 14.6. The third-order valence-corrected chi connectivity index (χ3v) is 5.75. The monoisotopic (exact) mass is 412 g/mol. The molecule has 1 saturated heterocycles. The summed E-state index contributed by atoms with van der Waals surface area (Å²) in [6, 6.07) is 13.9. The Labute approximate surface area is 177 Å². The van der Waals surface area contributed by atoms with Gasteiger partial charge in [0.1, 0.15) is 19.0 Å². The Morgan fingerprint density at radius 2 is 1.87 bits per heavy atom. The molecule has 0 bridgehead atoms. The molecule has 2 N–H and O–H groups in total. The Morgan fingerprint density at radius 1 is 1.13 bits per heavy atom. The minimum absolute atomic E-state index is 0.0677. The standard InChI is InChI=1S/C23H29N3O4/c1-17(18-7-8-21-22(15-18)30-14-13-29-21)24-23(27)16-25-9-11-26(12-10-25)19-5-3-4-6-20(19)28-2/h3-8,15,17H,9-14,16H2,1-2H3,(H,24,27)/p+1/t17-/m0/s1. The maximum Gasteiger partial charge on any atom is 0.275 e. The number of hydrogen-bond donors (Lipinski definition) is 2. The highest BCUT2D eigenvalue weighted by Gasteiger charge is 2.24. The molecule has 1 fully saturated rings. The van der Waals surface area contributed by atoms with Gasteiger partial charge in [-0.2, -0.15) is 0 Å². The van der Waals surface area contributed by atoms with Gasteiger partial charge in [-0.05, 0) is 36.8 Å². The lowest BCUT2D eigenvalue weighted by Gasteiger charge is -2.34. The van der Waals surface area contributed by atoms with Gasteiger partial charge in [-0.1, -0.05) is 18.2 Å². The van der Waals surface area contributed by atoms with Crippen LogP contribution in [0.15, 0.2) is 42.5 Å². The smallest absolute Gasteiger partial charge is 0.275 e. The quantitative estimate of drug-likeness (QED) is 0.743. The van der Waals surface area contributed by atoms with E-state index < -0.39 is 0 Å². The first-order valence-electron chi connectivity index (χ1n) is 10.5. The van der Waals surface area contributed by atoms with Crippen molar-refractivity contribution in [3.05, 3.63) is 48.0 Å². The minimum atomic E-state index is -0.0809. The molecule has 1 amide bonds. The van der Waals surface area contributed by atoms with E-state index in [1.165, 1.54) is 4.90 Å². The van der Waals surface area contributed by atoms with Crippen LogP contribution < -0.4 is 29.3 Å². The molecule has 1 atom stereocenters. The van der Waals surface area contributed by atoms with Gasteiger partial charge in [0.25, 0.3) is 5.91 Å². The zero-order valence-electron chi connectivity index (χ0n) is 17.6. The SMILES string of the molecule is COc1ccccc1N1CC[NH+](CC(=O)N[C@@H](C)c2ccc3c(c2)OCCO3)CC1. The number of rotatable bonds is 6. The number of benzene rings is 2. The number of nitrogens with one attached hydrogen (secondary N) is 2. The van der Waals surface area contributed by atoms with Crippen LogP contribution in [0, 0.1) is 0 Å². The van der Waals surface area contributed by atoms with E-state index in [9.17, 15) is 4.79 Å². The highest BCUT2D eigenvalue weighted by atomic mass is 16.6. The fourth-order valence-corrected chi connectivity index (χ4v) is 4.06. The second kappa shape index (κ2) is 9.26. The fourth-order valence-electron chi connectivity index (χ4n) is 4.06. The molecule has 0 unspecified atom stereocenters. The number of amides is 1. The van der Waals surface area contributed by atoms with Gasteiger partial charge < -0.3 is 29.3 Å². The average molecular weight is 413 g/mol. The van der Waals surface area contributed by atoms with E-state index in [1.807, 2.05) is 43.3 Å². The molecule has 160 valence electrons. The summed E-state index contributed by atoms with van der Waals surface area (Å²) in [5.41, 5.74) is 2.14. The number of anilines is 1. The number of methoxy groups -OCH3 is 1. The zero-order valence-corrected chi connectivity index (χ0v) is 17.6. The van der Waals surface area contributed by atoms with Gasteiger partial charge in [-0.15, -0.1) is 0 Å². The second-order valence-electron chi connectivity index (χ2n) is 7.78. The van der Waals surface area contributed by atoms with Crippen molar-refractivity contribution in [2.75, 3.05) is 57.9 Å². The minimum Gasteiger partial charge on any atom is -0.495 e. The van der Waals surface area contributed by atoms with Crippen molar-refractivity contribution >= 4 is 11.6 Å². The molecule has 0 spiro atoms. The van der Waals surface area contributed by atoms with E-state index in [-0.39, 0.29) is 11.9 Å². The van der Waals surface area contributed by atoms with Gasteiger partial charge in [-0.25, -0.2) is 0 Å². The Morgan fingerprint density at radius 3 is 2.63 bits per heavy atom. The lowest BCUT2D eigenvalue weighted by atomic mass is 10.1. The van der Waals surface area contributed by atoms with Gasteiger partial charge in [-0.3, -0.25) is 4.79 Å². The van der Waals surface area contributed by atoms with Crippen molar-refractivity contribution in [3.8, 4) is 17.2 Å². The van der Waals surface area contributed by atoms with Crippen LogP contribution in [-0.2, 0) is 4.79 Å². The van der Waals surface area contributed by atoms with Crippen molar-refractivity contribution in [3.63, 3.8) is 0 Å². The number of quaternary nitrogens is 1. The molecule has 2 aliphatic rings. The zero-order chi connectivity index (χ0) is 20.9. The van der Waals surface area contributed by atoms with Crippen LogP contribution in [0.3, 0.4) is 0 Å². The van der Waals surface area contributed by atoms with E-state index in [4.69, 9.17) is 14.2 Å². The van der Waals surface area contributed by atoms with Crippen molar-refractivity contribution in [1.29, 1.82) is 0 Å². The molecule has 2 heterocycles. The molecule has 30 heavy (non-hydrogen) atoms. The van der Waals surface area contributed by atoms with Gasteiger partial charge in [0.2, 0.25) is 0 Å². The van der Waals surface area contributed by atoms with Crippen LogP contribution in [0.2, 0.25) is 0 Å². The van der Waals surface area contributed by atoms with Gasteiger partial charge in [0.15, 0.2) is 18.0 Å². The molecule has 0 aliphatic carbocycles. The van der Waals surface area contributed by atoms with Crippen molar-refractivity contribution in [2.45, 2.75) is 13.0 Å². The summed E-state index contributed by atoms with van der Waals surface area (Å²) in [6.07, 6.45) is 0. The van der Waals surface area contributed by atoms with Crippen LogP contribution in [0.4, 0.5) is 5.69 Å². The number of fused-ring (bicyclic) bond motifs is 1. The van der Waals surface area contributed by atoms with Crippen molar-refractivity contribution < 1.29 is 23.9 Å². The van der Waals surface area contributed by atoms with Crippen molar-refractivity contribution in [1.82, 2.24) is 5.32 Å². The molecule has 0 saturated carbocycles. The van der Waals surface area contributed by atoms with Crippen molar-refractivity contribution in [2.24, 2.45) is 0 Å². The first-order valence-corrected chi connectivity index (χ1v) is 10.5. The van der Waals surface area contributed by atoms with Crippen LogP contribution in [0.1, 0.15) is 18.5 Å². The summed E-state index contributed by atoms with van der Waals surface area (Å²) >= 11 is 0. The third-order valence-electron chi connectivity index (χ3n) is 5.75. The fraction of sp³-hybridized carbons (Fsp3) is 0.435. The molecule has 4 rings (SSSR count). The van der Waals surface area contributed by atoms with E-state index in [2.05, 4.69) is 16.3 Å². The van der Waals surface area contributed by atoms with Crippen LogP contribution in [0.5, 0.6) is 17.2 Å². The van der Waals surface area contributed by atoms with Gasteiger partial charge in [0.05, 0.1) is 45.0 Å². The number of para-hydroxylation sites is 2. The largest absolute Gasteiger partial charge is 0.495 e. The van der Waals surface area contributed by atoms with E-state index in [1.54, 1.807) is 7.11 Å². The predicted molar refractivity (Wildman–Crippen MR) is 115 cm³/mol. The molecule has 0 radical (unpaired) electrons. The summed E-state index contributed by atoms with van der Waals surface area (Å²) in [6.45, 7) is 7.26. The van der Waals surface area contributed by atoms with Crippen LogP contribution in [-0.4, -0.2) is 59.0 Å². The molecule has 0 aromatic heterocycles. The lowest BCUT2D eigenvalue weighted by Crippen LogP contribution is -3.15. The summed E-state index contributed by atoms with van der Waals surface area (Å²) in [4.78, 5) is 16.2. The molecule has 2 aliphatic heterocycles. The normalized spacial score (nSPS) is 17.3. The number of ether oxygens (including phenoxy) is 3. The molecule has 2 aromatic rings. The maximum absolute atomic E-state index is 12.6. The highest BCUT2D eigenvalue weighted by Crippen LogP contribution is 2.32. The Balaban J connectivity index is 1.28. The summed E-state index contributed by atoms with van der Waals surface area (Å²) < 4.78 is 16.7. The predicted octanol–water partition coefficient (Wildman–Crippen LogP) is 1.05. The number of carbonyl (C=O) groups is 1. The second-order valence-corrected chi connectivity index (χ2v) is 7.78. The van der Waals surface area contributed by atoms with Crippen LogP contribution in [0.25, 0.3) is 0 Å². The van der Waals surface area contributed by atoms with E-state index >= 15 is 0 Å². The molecule has 2 aromatic carbocycles. The first kappa shape index (κ1) is 20.3. The molecule has 7 nitrogen and oxygen atoms in total. The highest BCUT2D eigenvalue weighted by molar-refractivity contribution is 5.77. The van der Waals surface area contributed by atoms with E-state index in [0.29, 0.717) is 19.8 Å². The summed E-state index contributed by atoms with van der Waals surface area (Å²) in [5, 5.41) is 3.12. The topological polar surface area (TPSA) is 64.5 Å². The van der Waals surface area contributed by atoms with Crippen LogP contribution >= 0.6 is 0 Å². The summed E-state index contributed by atoms with van der Waals surface area (Å²) in [7, 11) is 1.70. The van der Waals surface area contributed by atoms with E-state index in [0.717, 1.165) is 54.7 Å². The molecule has 7 heteroatoms.